The lowest BCUT2D eigenvalue weighted by atomic mass is 9.89. The molecule has 5 nitrogen and oxygen atoms in total. The molecule has 0 spiro atoms. The summed E-state index contributed by atoms with van der Waals surface area (Å²) >= 11 is 0. The van der Waals surface area contributed by atoms with E-state index in [1.807, 2.05) is 0 Å². The molecule has 5 heteroatoms. The zero-order valence-corrected chi connectivity index (χ0v) is 11.9. The Labute approximate surface area is 124 Å². The number of carbonyl (C=O) groups is 2. The number of carboxylic acids is 1. The zero-order valence-electron chi connectivity index (χ0n) is 11.9. The molecule has 1 aliphatic rings. The molecule has 1 aromatic rings. The lowest BCUT2D eigenvalue weighted by molar-refractivity contribution is -0.150. The Hall–Kier alpha value is -1.88. The fourth-order valence-electron chi connectivity index (χ4n) is 2.82. The molecule has 2 rings (SSSR count). The predicted molar refractivity (Wildman–Crippen MR) is 77.6 cm³/mol. The van der Waals surface area contributed by atoms with Gasteiger partial charge in [0.2, 0.25) is 0 Å². The number of aliphatic hydroxyl groups excluding tert-OH is 1. The number of carbonyl (C=O) groups excluding carboxylic acids is 1. The van der Waals surface area contributed by atoms with Crippen molar-refractivity contribution in [3.63, 3.8) is 0 Å². The molecule has 0 bridgehead atoms. The van der Waals surface area contributed by atoms with Crippen molar-refractivity contribution >= 4 is 11.9 Å². The topological polar surface area (TPSA) is 86.6 Å². The van der Waals surface area contributed by atoms with E-state index in [2.05, 4.69) is 5.32 Å². The van der Waals surface area contributed by atoms with E-state index in [4.69, 9.17) is 0 Å². The number of aliphatic hydroxyl groups is 1. The lowest BCUT2D eigenvalue weighted by Gasteiger charge is -2.30. The number of nitrogens with one attached hydrogen (secondary N) is 1. The molecule has 21 heavy (non-hydrogen) atoms. The summed E-state index contributed by atoms with van der Waals surface area (Å²) in [7, 11) is 0. The van der Waals surface area contributed by atoms with Gasteiger partial charge < -0.3 is 15.5 Å². The molecule has 1 aromatic carbocycles. The van der Waals surface area contributed by atoms with Crippen LogP contribution in [-0.2, 0) is 9.59 Å². The number of aliphatic carboxylic acids is 1. The summed E-state index contributed by atoms with van der Waals surface area (Å²) in [6, 6.07) is 8.53. The Morgan fingerprint density at radius 1 is 1.05 bits per heavy atom. The molecular formula is C16H21NO4. The third-order valence-corrected chi connectivity index (χ3v) is 4.09. The maximum Gasteiger partial charge on any atom is 0.329 e. The number of carboxylic acid groups (broad SMARTS) is 1. The second-order valence-electron chi connectivity index (χ2n) is 5.60. The SMILES string of the molecule is O=C(NC1(C(=O)O)CCCCCC1)[C@H](O)c1ccccc1. The van der Waals surface area contributed by atoms with E-state index in [0.717, 1.165) is 25.7 Å². The molecule has 3 N–H and O–H groups in total. The summed E-state index contributed by atoms with van der Waals surface area (Å²) < 4.78 is 0. The van der Waals surface area contributed by atoms with E-state index in [-0.39, 0.29) is 0 Å². The summed E-state index contributed by atoms with van der Waals surface area (Å²) in [6.07, 6.45) is 2.98. The molecule has 0 radical (unpaired) electrons. The molecule has 0 saturated heterocycles. The Balaban J connectivity index is 2.13. The third-order valence-electron chi connectivity index (χ3n) is 4.09. The van der Waals surface area contributed by atoms with Crippen LogP contribution in [0.3, 0.4) is 0 Å². The Kier molecular flexibility index (Phi) is 4.96. The molecule has 114 valence electrons. The first-order valence-electron chi connectivity index (χ1n) is 7.34. The number of amides is 1. The van der Waals surface area contributed by atoms with Gasteiger partial charge in [0, 0.05) is 0 Å². The highest BCUT2D eigenvalue weighted by Gasteiger charge is 2.41. The van der Waals surface area contributed by atoms with Gasteiger partial charge in [-0.05, 0) is 18.4 Å². The van der Waals surface area contributed by atoms with Gasteiger partial charge in [-0.25, -0.2) is 4.79 Å². The van der Waals surface area contributed by atoms with Gasteiger partial charge in [0.1, 0.15) is 5.54 Å². The van der Waals surface area contributed by atoms with Crippen LogP contribution in [0.25, 0.3) is 0 Å². The fraction of sp³-hybridized carbons (Fsp3) is 0.500. The van der Waals surface area contributed by atoms with E-state index >= 15 is 0 Å². The van der Waals surface area contributed by atoms with Gasteiger partial charge in [-0.2, -0.15) is 0 Å². The van der Waals surface area contributed by atoms with Crippen LogP contribution in [0.4, 0.5) is 0 Å². The second kappa shape index (κ2) is 6.72. The van der Waals surface area contributed by atoms with Crippen LogP contribution in [0.1, 0.15) is 50.2 Å². The Morgan fingerprint density at radius 2 is 1.62 bits per heavy atom. The maximum atomic E-state index is 12.2. The van der Waals surface area contributed by atoms with Gasteiger partial charge in [-0.1, -0.05) is 56.0 Å². The highest BCUT2D eigenvalue weighted by Crippen LogP contribution is 2.28. The minimum Gasteiger partial charge on any atom is -0.480 e. The largest absolute Gasteiger partial charge is 0.480 e. The molecule has 1 fully saturated rings. The average Bonchev–Trinajstić information content (AvgIpc) is 2.74. The smallest absolute Gasteiger partial charge is 0.329 e. The maximum absolute atomic E-state index is 12.2. The minimum absolute atomic E-state index is 0.412. The Morgan fingerprint density at radius 3 is 2.14 bits per heavy atom. The van der Waals surface area contributed by atoms with Crippen molar-refractivity contribution in [2.75, 3.05) is 0 Å². The van der Waals surface area contributed by atoms with Crippen LogP contribution >= 0.6 is 0 Å². The zero-order chi connectivity index (χ0) is 15.3. The number of hydrogen-bond acceptors (Lipinski definition) is 3. The summed E-state index contributed by atoms with van der Waals surface area (Å²) in [6.45, 7) is 0. The van der Waals surface area contributed by atoms with Crippen molar-refractivity contribution in [2.24, 2.45) is 0 Å². The highest BCUT2D eigenvalue weighted by atomic mass is 16.4. The molecule has 1 aliphatic carbocycles. The Bertz CT molecular complexity index is 492. The monoisotopic (exact) mass is 291 g/mol. The molecule has 1 saturated carbocycles. The van der Waals surface area contributed by atoms with E-state index in [1.165, 1.54) is 0 Å². The van der Waals surface area contributed by atoms with Gasteiger partial charge in [0.15, 0.2) is 6.10 Å². The molecule has 0 heterocycles. The number of hydrogen-bond donors (Lipinski definition) is 3. The molecular weight excluding hydrogens is 270 g/mol. The second-order valence-corrected chi connectivity index (χ2v) is 5.60. The van der Waals surface area contributed by atoms with E-state index in [1.54, 1.807) is 30.3 Å². The van der Waals surface area contributed by atoms with Gasteiger partial charge >= 0.3 is 5.97 Å². The van der Waals surface area contributed by atoms with E-state index < -0.39 is 23.5 Å². The number of benzene rings is 1. The van der Waals surface area contributed by atoms with Crippen molar-refractivity contribution in [1.29, 1.82) is 0 Å². The molecule has 0 unspecified atom stereocenters. The first-order chi connectivity index (χ1) is 10.1. The van der Waals surface area contributed by atoms with E-state index in [9.17, 15) is 19.8 Å². The summed E-state index contributed by atoms with van der Waals surface area (Å²) in [5, 5.41) is 22.2. The summed E-state index contributed by atoms with van der Waals surface area (Å²) in [4.78, 5) is 23.8. The molecule has 1 atom stereocenters. The molecule has 0 aliphatic heterocycles. The van der Waals surface area contributed by atoms with Crippen LogP contribution in [0, 0.1) is 0 Å². The van der Waals surface area contributed by atoms with Crippen LogP contribution in [-0.4, -0.2) is 27.6 Å². The average molecular weight is 291 g/mol. The standard InChI is InChI=1S/C16H21NO4/c18-13(12-8-4-3-5-9-12)14(19)17-16(15(20)21)10-6-1-2-7-11-16/h3-5,8-9,13,18H,1-2,6-7,10-11H2,(H,17,19)(H,20,21)/t13-/m1/s1. The highest BCUT2D eigenvalue weighted by molar-refractivity contribution is 5.89. The van der Waals surface area contributed by atoms with Crippen molar-refractivity contribution in [1.82, 2.24) is 5.32 Å². The van der Waals surface area contributed by atoms with Crippen molar-refractivity contribution in [3.05, 3.63) is 35.9 Å². The van der Waals surface area contributed by atoms with E-state index in [0.29, 0.717) is 18.4 Å². The van der Waals surface area contributed by atoms with Gasteiger partial charge in [-0.15, -0.1) is 0 Å². The first kappa shape index (κ1) is 15.5. The van der Waals surface area contributed by atoms with Crippen molar-refractivity contribution in [3.8, 4) is 0 Å². The molecule has 0 aromatic heterocycles. The summed E-state index contributed by atoms with van der Waals surface area (Å²) in [5.74, 6) is -1.66. The van der Waals surface area contributed by atoms with Crippen LogP contribution in [0.2, 0.25) is 0 Å². The van der Waals surface area contributed by atoms with Gasteiger partial charge in [0.25, 0.3) is 5.91 Å². The minimum atomic E-state index is -1.34. The quantitative estimate of drug-likeness (QED) is 0.741. The number of rotatable bonds is 4. The predicted octanol–water partition coefficient (Wildman–Crippen LogP) is 2.01. The summed E-state index contributed by atoms with van der Waals surface area (Å²) in [5.41, 5.74) is -0.784. The van der Waals surface area contributed by atoms with Crippen LogP contribution in [0.15, 0.2) is 30.3 Å². The van der Waals surface area contributed by atoms with Crippen molar-refractivity contribution in [2.45, 2.75) is 50.2 Å². The normalized spacial score (nSPS) is 19.3. The lowest BCUT2D eigenvalue weighted by Crippen LogP contribution is -2.55. The van der Waals surface area contributed by atoms with Gasteiger partial charge in [0.05, 0.1) is 0 Å². The molecule has 1 amide bonds. The van der Waals surface area contributed by atoms with Gasteiger partial charge in [-0.3, -0.25) is 4.79 Å². The first-order valence-corrected chi connectivity index (χ1v) is 7.34. The van der Waals surface area contributed by atoms with Crippen molar-refractivity contribution < 1.29 is 19.8 Å². The van der Waals surface area contributed by atoms with Crippen LogP contribution < -0.4 is 5.32 Å². The fourth-order valence-corrected chi connectivity index (χ4v) is 2.82. The van der Waals surface area contributed by atoms with Crippen LogP contribution in [0.5, 0.6) is 0 Å². The third kappa shape index (κ3) is 3.61.